The van der Waals surface area contributed by atoms with Gasteiger partial charge in [-0.05, 0) is 30.7 Å². The van der Waals surface area contributed by atoms with Gasteiger partial charge in [0.15, 0.2) is 0 Å². The molecule has 0 bridgehead atoms. The highest BCUT2D eigenvalue weighted by Crippen LogP contribution is 2.21. The van der Waals surface area contributed by atoms with Crippen LogP contribution in [0.5, 0.6) is 0 Å². The maximum Gasteiger partial charge on any atom is 0.337 e. The summed E-state index contributed by atoms with van der Waals surface area (Å²) < 4.78 is 0. The van der Waals surface area contributed by atoms with Crippen molar-refractivity contribution in [3.05, 3.63) is 62.9 Å². The van der Waals surface area contributed by atoms with E-state index in [1.807, 2.05) is 12.1 Å². The van der Waals surface area contributed by atoms with Gasteiger partial charge in [-0.3, -0.25) is 4.98 Å². The van der Waals surface area contributed by atoms with Crippen molar-refractivity contribution in [2.45, 2.75) is 13.3 Å². The van der Waals surface area contributed by atoms with Crippen LogP contribution in [0.15, 0.2) is 30.3 Å². The van der Waals surface area contributed by atoms with E-state index in [0.717, 1.165) is 5.56 Å². The number of rotatable bonds is 3. The number of carboxylic acids is 1. The molecule has 2 aromatic rings. The van der Waals surface area contributed by atoms with Crippen LogP contribution in [-0.2, 0) is 6.42 Å². The van der Waals surface area contributed by atoms with Gasteiger partial charge >= 0.3 is 5.97 Å². The molecule has 1 heterocycles. The van der Waals surface area contributed by atoms with Crippen LogP contribution in [0.1, 0.15) is 27.3 Å². The number of carbonyl (C=O) groups is 1. The number of aryl methyl sites for hydroxylation is 1. The zero-order valence-electron chi connectivity index (χ0n) is 10.2. The molecule has 0 atom stereocenters. The number of aromatic nitrogens is 1. The smallest absolute Gasteiger partial charge is 0.337 e. The topological polar surface area (TPSA) is 50.2 Å². The van der Waals surface area contributed by atoms with Crippen LogP contribution in [0.4, 0.5) is 0 Å². The highest BCUT2D eigenvalue weighted by atomic mass is 35.5. The van der Waals surface area contributed by atoms with Gasteiger partial charge in [0.25, 0.3) is 0 Å². The molecule has 1 N–H and O–H groups in total. The van der Waals surface area contributed by atoms with E-state index in [-0.39, 0.29) is 5.56 Å². The van der Waals surface area contributed by atoms with Crippen molar-refractivity contribution in [2.24, 2.45) is 0 Å². The Morgan fingerprint density at radius 3 is 2.68 bits per heavy atom. The van der Waals surface area contributed by atoms with E-state index in [0.29, 0.717) is 27.9 Å². The fourth-order valence-corrected chi connectivity index (χ4v) is 2.15. The van der Waals surface area contributed by atoms with E-state index in [4.69, 9.17) is 23.2 Å². The number of nitrogens with zero attached hydrogens (tertiary/aromatic N) is 1. The maximum absolute atomic E-state index is 11.2. The van der Waals surface area contributed by atoms with Gasteiger partial charge in [0.05, 0.1) is 22.0 Å². The zero-order valence-corrected chi connectivity index (χ0v) is 11.7. The third-order valence-corrected chi connectivity index (χ3v) is 3.34. The normalized spacial score (nSPS) is 10.5. The van der Waals surface area contributed by atoms with Gasteiger partial charge in [-0.2, -0.15) is 0 Å². The minimum atomic E-state index is -1.04. The average Bonchev–Trinajstić information content (AvgIpc) is 2.33. The molecule has 0 aliphatic carbocycles. The molecule has 98 valence electrons. The summed E-state index contributed by atoms with van der Waals surface area (Å²) in [6.07, 6.45) is 0.403. The van der Waals surface area contributed by atoms with Crippen molar-refractivity contribution in [3.8, 4) is 0 Å². The second-order valence-electron chi connectivity index (χ2n) is 4.16. The van der Waals surface area contributed by atoms with Crippen molar-refractivity contribution in [3.63, 3.8) is 0 Å². The Kier molecular flexibility index (Phi) is 4.08. The van der Waals surface area contributed by atoms with Crippen LogP contribution >= 0.6 is 23.2 Å². The number of halogens is 2. The Morgan fingerprint density at radius 1 is 1.32 bits per heavy atom. The number of benzene rings is 1. The van der Waals surface area contributed by atoms with Crippen LogP contribution in [0.3, 0.4) is 0 Å². The quantitative estimate of drug-likeness (QED) is 0.931. The van der Waals surface area contributed by atoms with Crippen molar-refractivity contribution < 1.29 is 9.90 Å². The molecule has 0 amide bonds. The molecule has 0 unspecified atom stereocenters. The lowest BCUT2D eigenvalue weighted by molar-refractivity contribution is 0.0695. The standard InChI is InChI=1S/C14H11Cl2NO2/c1-8-12(16)7-11(14(18)19)13(17-8)6-9-3-2-4-10(15)5-9/h2-5,7H,6H2,1H3,(H,18,19). The number of carboxylic acid groups (broad SMARTS) is 1. The molecular weight excluding hydrogens is 285 g/mol. The monoisotopic (exact) mass is 295 g/mol. The maximum atomic E-state index is 11.2. The molecule has 0 radical (unpaired) electrons. The van der Waals surface area contributed by atoms with E-state index in [1.165, 1.54) is 6.07 Å². The largest absolute Gasteiger partial charge is 0.478 e. The number of hydrogen-bond acceptors (Lipinski definition) is 2. The lowest BCUT2D eigenvalue weighted by Crippen LogP contribution is -2.07. The predicted octanol–water partition coefficient (Wildman–Crippen LogP) is 3.99. The van der Waals surface area contributed by atoms with Gasteiger partial charge in [0.1, 0.15) is 0 Å². The summed E-state index contributed by atoms with van der Waals surface area (Å²) in [6.45, 7) is 1.75. The van der Waals surface area contributed by atoms with E-state index >= 15 is 0 Å². The first-order valence-electron chi connectivity index (χ1n) is 5.61. The molecule has 0 aliphatic heterocycles. The Hall–Kier alpha value is -1.58. The molecule has 0 aliphatic rings. The minimum Gasteiger partial charge on any atom is -0.478 e. The molecule has 5 heteroatoms. The second kappa shape index (κ2) is 5.59. The van der Waals surface area contributed by atoms with Gasteiger partial charge in [0.2, 0.25) is 0 Å². The summed E-state index contributed by atoms with van der Waals surface area (Å²) in [4.78, 5) is 15.5. The minimum absolute atomic E-state index is 0.121. The van der Waals surface area contributed by atoms with Gasteiger partial charge in [-0.15, -0.1) is 0 Å². The molecule has 3 nitrogen and oxygen atoms in total. The molecule has 19 heavy (non-hydrogen) atoms. The summed E-state index contributed by atoms with van der Waals surface area (Å²) >= 11 is 11.8. The van der Waals surface area contributed by atoms with Crippen LogP contribution in [0.2, 0.25) is 10.0 Å². The third-order valence-electron chi connectivity index (χ3n) is 2.72. The second-order valence-corrected chi connectivity index (χ2v) is 5.01. The van der Waals surface area contributed by atoms with E-state index < -0.39 is 5.97 Å². The predicted molar refractivity (Wildman–Crippen MR) is 75.2 cm³/mol. The van der Waals surface area contributed by atoms with Crippen molar-refractivity contribution in [1.29, 1.82) is 0 Å². The van der Waals surface area contributed by atoms with Crippen LogP contribution in [0.25, 0.3) is 0 Å². The fraction of sp³-hybridized carbons (Fsp3) is 0.143. The summed E-state index contributed by atoms with van der Waals surface area (Å²) in [7, 11) is 0. The van der Waals surface area contributed by atoms with Gasteiger partial charge in [-0.1, -0.05) is 35.3 Å². The van der Waals surface area contributed by atoms with Gasteiger partial charge in [0, 0.05) is 11.4 Å². The summed E-state index contributed by atoms with van der Waals surface area (Å²) in [6, 6.07) is 8.69. The summed E-state index contributed by atoms with van der Waals surface area (Å²) in [5.74, 6) is -1.04. The first-order chi connectivity index (χ1) is 8.97. The van der Waals surface area contributed by atoms with Crippen molar-refractivity contribution >= 4 is 29.2 Å². The molecule has 0 saturated heterocycles. The molecular formula is C14H11Cl2NO2. The van der Waals surface area contributed by atoms with Gasteiger partial charge < -0.3 is 5.11 Å². The Morgan fingerprint density at radius 2 is 2.05 bits per heavy atom. The first kappa shape index (κ1) is 13.8. The Bertz CT molecular complexity index is 641. The average molecular weight is 296 g/mol. The van der Waals surface area contributed by atoms with E-state index in [9.17, 15) is 9.90 Å². The highest BCUT2D eigenvalue weighted by Gasteiger charge is 2.14. The highest BCUT2D eigenvalue weighted by molar-refractivity contribution is 6.31. The molecule has 0 saturated carbocycles. The SMILES string of the molecule is Cc1nc(Cc2cccc(Cl)c2)c(C(=O)O)cc1Cl. The lowest BCUT2D eigenvalue weighted by atomic mass is 10.0. The first-order valence-corrected chi connectivity index (χ1v) is 6.36. The van der Waals surface area contributed by atoms with Gasteiger partial charge in [-0.25, -0.2) is 4.79 Å². The lowest BCUT2D eigenvalue weighted by Gasteiger charge is -2.08. The third kappa shape index (κ3) is 3.25. The zero-order chi connectivity index (χ0) is 14.0. The Labute approximate surface area is 120 Å². The summed E-state index contributed by atoms with van der Waals surface area (Å²) in [5.41, 5.74) is 2.13. The molecule has 0 fully saturated rings. The van der Waals surface area contributed by atoms with Crippen LogP contribution in [-0.4, -0.2) is 16.1 Å². The number of aromatic carboxylic acids is 1. The van der Waals surface area contributed by atoms with Crippen molar-refractivity contribution in [2.75, 3.05) is 0 Å². The molecule has 1 aromatic heterocycles. The Balaban J connectivity index is 2.44. The molecule has 2 rings (SSSR count). The van der Waals surface area contributed by atoms with Crippen LogP contribution < -0.4 is 0 Å². The van der Waals surface area contributed by atoms with Crippen LogP contribution in [0, 0.1) is 6.92 Å². The van der Waals surface area contributed by atoms with E-state index in [1.54, 1.807) is 19.1 Å². The number of hydrogen-bond donors (Lipinski definition) is 1. The van der Waals surface area contributed by atoms with Crippen molar-refractivity contribution in [1.82, 2.24) is 4.98 Å². The molecule has 0 spiro atoms. The summed E-state index contributed by atoms with van der Waals surface area (Å²) in [5, 5.41) is 10.2. The van der Waals surface area contributed by atoms with E-state index in [2.05, 4.69) is 4.98 Å². The fourth-order valence-electron chi connectivity index (χ4n) is 1.79. The molecule has 1 aromatic carbocycles. The number of pyridine rings is 1.